The molecule has 0 bridgehead atoms. The monoisotopic (exact) mass is 640 g/mol. The Morgan fingerprint density at radius 1 is 1.00 bits per heavy atom. The highest BCUT2D eigenvalue weighted by atomic mass is 31.2. The number of nitrogens with zero attached hydrogens (tertiary/aromatic N) is 1. The van der Waals surface area contributed by atoms with E-state index in [1.54, 1.807) is 0 Å². The Morgan fingerprint density at radius 2 is 1.64 bits per heavy atom. The number of phosphoric ester groups is 1. The Hall–Kier alpha value is -4.01. The predicted octanol–water partition coefficient (Wildman–Crippen LogP) is -1.04. The van der Waals surface area contributed by atoms with Gasteiger partial charge in [-0.2, -0.15) is 0 Å². The number of nitrogens with one attached hydrogen (secondary N) is 3. The molecular formula is C27H41N6O10P. The van der Waals surface area contributed by atoms with Gasteiger partial charge in [0, 0.05) is 26.3 Å². The fourth-order valence-corrected chi connectivity index (χ4v) is 5.22. The number of hydrogen-bond donors (Lipinski definition) is 7. The van der Waals surface area contributed by atoms with Crippen LogP contribution in [0.4, 0.5) is 0 Å². The van der Waals surface area contributed by atoms with E-state index < -0.39 is 67.4 Å². The number of nitrogens with two attached hydrogens (primary N) is 2. The third-order valence-corrected chi connectivity index (χ3v) is 7.23. The number of phosphoric acid groups is 1. The summed E-state index contributed by atoms with van der Waals surface area (Å²) < 4.78 is 15.6. The lowest BCUT2D eigenvalue weighted by atomic mass is 10.00. The fraction of sp³-hybridized carbons (Fsp3) is 0.556. The molecule has 1 heterocycles. The van der Waals surface area contributed by atoms with Gasteiger partial charge >= 0.3 is 7.82 Å². The average Bonchev–Trinajstić information content (AvgIpc) is 3.39. The van der Waals surface area contributed by atoms with Gasteiger partial charge in [0.1, 0.15) is 29.9 Å². The van der Waals surface area contributed by atoms with Crippen LogP contribution in [0.3, 0.4) is 0 Å². The molecule has 0 spiro atoms. The van der Waals surface area contributed by atoms with Gasteiger partial charge < -0.3 is 36.8 Å². The minimum atomic E-state index is -4.76. The Kier molecular flexibility index (Phi) is 13.3. The van der Waals surface area contributed by atoms with Crippen LogP contribution >= 0.6 is 7.82 Å². The minimum Gasteiger partial charge on any atom is -0.404 e. The Balaban J connectivity index is 2.20. The highest BCUT2D eigenvalue weighted by molar-refractivity contribution is 7.46. The smallest absolute Gasteiger partial charge is 0.404 e. The Bertz CT molecular complexity index is 1270. The van der Waals surface area contributed by atoms with Crippen molar-refractivity contribution in [2.45, 2.75) is 83.5 Å². The normalized spacial score (nSPS) is 16.9. The molecule has 1 fully saturated rings. The van der Waals surface area contributed by atoms with Gasteiger partial charge in [0.25, 0.3) is 0 Å². The maximum atomic E-state index is 13.7. The molecule has 0 aliphatic carbocycles. The zero-order valence-electron chi connectivity index (χ0n) is 24.9. The summed E-state index contributed by atoms with van der Waals surface area (Å²) in [4.78, 5) is 94.4. The molecule has 6 amide bonds. The van der Waals surface area contributed by atoms with Crippen molar-refractivity contribution < 1.29 is 47.6 Å². The molecule has 1 aliphatic heterocycles. The van der Waals surface area contributed by atoms with Gasteiger partial charge in [-0.05, 0) is 49.3 Å². The molecular weight excluding hydrogens is 599 g/mol. The number of amides is 6. The second-order valence-corrected chi connectivity index (χ2v) is 12.2. The first-order valence-electron chi connectivity index (χ1n) is 14.1. The van der Waals surface area contributed by atoms with Gasteiger partial charge in [-0.1, -0.05) is 26.0 Å². The van der Waals surface area contributed by atoms with Crippen LogP contribution in [0.5, 0.6) is 5.75 Å². The predicted molar refractivity (Wildman–Crippen MR) is 156 cm³/mol. The van der Waals surface area contributed by atoms with Crippen molar-refractivity contribution in [2.75, 3.05) is 6.54 Å². The first-order chi connectivity index (χ1) is 20.5. The van der Waals surface area contributed by atoms with E-state index in [0.29, 0.717) is 18.4 Å². The van der Waals surface area contributed by atoms with Gasteiger partial charge in [-0.3, -0.25) is 38.6 Å². The van der Waals surface area contributed by atoms with Gasteiger partial charge in [-0.15, -0.1) is 0 Å². The maximum Gasteiger partial charge on any atom is 0.524 e. The minimum absolute atomic E-state index is 0.0151. The van der Waals surface area contributed by atoms with E-state index in [-0.39, 0.29) is 43.9 Å². The SMILES string of the molecule is CC(=O)N[C@@H](Cc1ccc(OP(=O)(O)O)cc1)C(=O)N[C@@H](CC(C)C)C(=O)N1CCC[C@H]1C(=O)N[C@@H](CCC(N)=O)C(N)=O. The highest BCUT2D eigenvalue weighted by Gasteiger charge is 2.39. The molecule has 44 heavy (non-hydrogen) atoms. The largest absolute Gasteiger partial charge is 0.524 e. The molecule has 1 aromatic rings. The van der Waals surface area contributed by atoms with Crippen molar-refractivity contribution in [3.8, 4) is 5.75 Å². The first kappa shape index (κ1) is 36.2. The van der Waals surface area contributed by atoms with Crippen molar-refractivity contribution in [3.05, 3.63) is 29.8 Å². The van der Waals surface area contributed by atoms with Crippen molar-refractivity contribution in [2.24, 2.45) is 17.4 Å². The second-order valence-electron chi connectivity index (χ2n) is 11.0. The van der Waals surface area contributed by atoms with E-state index in [9.17, 15) is 33.3 Å². The van der Waals surface area contributed by atoms with E-state index in [4.69, 9.17) is 21.3 Å². The molecule has 0 unspecified atom stereocenters. The third kappa shape index (κ3) is 11.9. The fourth-order valence-electron chi connectivity index (χ4n) is 4.82. The molecule has 4 atom stereocenters. The van der Waals surface area contributed by atoms with Crippen molar-refractivity contribution in [1.29, 1.82) is 0 Å². The first-order valence-corrected chi connectivity index (χ1v) is 15.6. The van der Waals surface area contributed by atoms with Crippen molar-refractivity contribution >= 4 is 43.3 Å². The lowest BCUT2D eigenvalue weighted by Gasteiger charge is -2.31. The average molecular weight is 641 g/mol. The van der Waals surface area contributed by atoms with Crippen LogP contribution < -0.4 is 31.9 Å². The molecule has 1 aromatic carbocycles. The van der Waals surface area contributed by atoms with Crippen LogP contribution in [0.25, 0.3) is 0 Å². The number of rotatable bonds is 16. The van der Waals surface area contributed by atoms with Crippen LogP contribution in [0.15, 0.2) is 24.3 Å². The number of primary amides is 2. The van der Waals surface area contributed by atoms with Gasteiger partial charge in [0.2, 0.25) is 35.4 Å². The van der Waals surface area contributed by atoms with Gasteiger partial charge in [0.15, 0.2) is 0 Å². The number of carbonyl (C=O) groups excluding carboxylic acids is 6. The lowest BCUT2D eigenvalue weighted by Crippen LogP contribution is -2.58. The summed E-state index contributed by atoms with van der Waals surface area (Å²) in [6, 6.07) is 1.30. The van der Waals surface area contributed by atoms with E-state index in [2.05, 4.69) is 20.5 Å². The topological polar surface area (TPSA) is 261 Å². The molecule has 1 saturated heterocycles. The van der Waals surface area contributed by atoms with Crippen LogP contribution in [0, 0.1) is 5.92 Å². The van der Waals surface area contributed by atoms with Crippen molar-refractivity contribution in [3.63, 3.8) is 0 Å². The van der Waals surface area contributed by atoms with E-state index >= 15 is 0 Å². The van der Waals surface area contributed by atoms with Crippen LogP contribution in [0.1, 0.15) is 58.4 Å². The summed E-state index contributed by atoms with van der Waals surface area (Å²) in [6.45, 7) is 5.15. The third-order valence-electron chi connectivity index (χ3n) is 6.78. The van der Waals surface area contributed by atoms with E-state index in [1.165, 1.54) is 36.1 Å². The number of carbonyl (C=O) groups is 6. The van der Waals surface area contributed by atoms with Crippen LogP contribution in [-0.2, 0) is 39.8 Å². The summed E-state index contributed by atoms with van der Waals surface area (Å²) in [6.07, 6.45) is 0.734. The number of benzene rings is 1. The van der Waals surface area contributed by atoms with E-state index in [0.717, 1.165) is 0 Å². The lowest BCUT2D eigenvalue weighted by molar-refractivity contribution is -0.142. The van der Waals surface area contributed by atoms with E-state index in [1.807, 2.05) is 13.8 Å². The molecule has 244 valence electrons. The number of likely N-dealkylation sites (tertiary alicyclic amines) is 1. The summed E-state index contributed by atoms with van der Waals surface area (Å²) >= 11 is 0. The molecule has 0 saturated carbocycles. The highest BCUT2D eigenvalue weighted by Crippen LogP contribution is 2.37. The van der Waals surface area contributed by atoms with Gasteiger partial charge in [0.05, 0.1) is 0 Å². The molecule has 2 rings (SSSR count). The summed E-state index contributed by atoms with van der Waals surface area (Å²) in [5.74, 6) is -3.96. The maximum absolute atomic E-state index is 13.7. The molecule has 9 N–H and O–H groups in total. The zero-order valence-corrected chi connectivity index (χ0v) is 25.7. The molecule has 16 nitrogen and oxygen atoms in total. The summed E-state index contributed by atoms with van der Waals surface area (Å²) in [5, 5.41) is 7.77. The molecule has 0 aromatic heterocycles. The van der Waals surface area contributed by atoms with Crippen LogP contribution in [-0.4, -0.2) is 80.8 Å². The zero-order chi connectivity index (χ0) is 33.2. The number of hydrogen-bond acceptors (Lipinski definition) is 8. The Morgan fingerprint density at radius 3 is 2.16 bits per heavy atom. The summed E-state index contributed by atoms with van der Waals surface area (Å²) in [5.41, 5.74) is 11.0. The second kappa shape index (κ2) is 16.2. The van der Waals surface area contributed by atoms with Crippen LogP contribution in [0.2, 0.25) is 0 Å². The van der Waals surface area contributed by atoms with Crippen molar-refractivity contribution in [1.82, 2.24) is 20.9 Å². The molecule has 17 heteroatoms. The summed E-state index contributed by atoms with van der Waals surface area (Å²) in [7, 11) is -4.76. The molecule has 0 radical (unpaired) electrons. The molecule has 1 aliphatic rings. The van der Waals surface area contributed by atoms with Gasteiger partial charge in [-0.25, -0.2) is 4.57 Å². The quantitative estimate of drug-likeness (QED) is 0.108. The standard InChI is InChI=1S/C27H41N6O10P/c1-15(2)13-21(27(39)33-12-4-5-22(33)26(38)31-19(24(29)36)10-11-23(28)35)32-25(37)20(30-16(3)34)14-17-6-8-18(9-7-17)43-44(40,41)42/h6-9,15,19-22H,4-5,10-14H2,1-3H3,(H2,28,35)(H2,29,36)(H,30,34)(H,31,38)(H,32,37)(H2,40,41,42)/t19-,20-,21-,22-/m0/s1. The Labute approximate surface area is 254 Å².